The van der Waals surface area contributed by atoms with Gasteiger partial charge in [-0.25, -0.2) is 0 Å². The van der Waals surface area contributed by atoms with Crippen molar-refractivity contribution in [2.45, 2.75) is 32.2 Å². The Labute approximate surface area is 116 Å². The normalized spacial score (nSPS) is 18.2. The van der Waals surface area contributed by atoms with Crippen LogP contribution in [0.2, 0.25) is 0 Å². The van der Waals surface area contributed by atoms with E-state index in [1.807, 2.05) is 0 Å². The Kier molecular flexibility index (Phi) is 5.67. The maximum Gasteiger partial charge on any atom is 0.118 e. The first kappa shape index (κ1) is 14.4. The molecule has 0 spiro atoms. The molecule has 106 valence electrons. The summed E-state index contributed by atoms with van der Waals surface area (Å²) in [6, 6.07) is 9.17. The zero-order chi connectivity index (χ0) is 13.5. The fourth-order valence-corrected chi connectivity index (χ4v) is 2.78. The van der Waals surface area contributed by atoms with Gasteiger partial charge in [-0.3, -0.25) is 4.90 Å². The summed E-state index contributed by atoms with van der Waals surface area (Å²) in [5.74, 6) is 0.943. The molecule has 19 heavy (non-hydrogen) atoms. The predicted molar refractivity (Wildman–Crippen MR) is 79.7 cm³/mol. The van der Waals surface area contributed by atoms with Crippen molar-refractivity contribution in [1.82, 2.24) is 10.2 Å². The largest absolute Gasteiger partial charge is 0.497 e. The molecule has 1 aliphatic heterocycles. The molecule has 1 N–H and O–H groups in total. The molecular weight excluding hydrogens is 236 g/mol. The number of piperazine rings is 1. The third-order valence-corrected chi connectivity index (χ3v) is 3.92. The molecular formula is C16H26N2O. The van der Waals surface area contributed by atoms with E-state index in [0.29, 0.717) is 6.04 Å². The third-order valence-electron chi connectivity index (χ3n) is 3.92. The molecule has 1 atom stereocenters. The summed E-state index contributed by atoms with van der Waals surface area (Å²) in [6.07, 6.45) is 3.81. The van der Waals surface area contributed by atoms with Crippen LogP contribution in [0.25, 0.3) is 0 Å². The van der Waals surface area contributed by atoms with Crippen molar-refractivity contribution >= 4 is 0 Å². The molecule has 0 unspecified atom stereocenters. The molecule has 1 aromatic carbocycles. The van der Waals surface area contributed by atoms with Gasteiger partial charge < -0.3 is 10.1 Å². The Bertz CT molecular complexity index is 358. The molecule has 0 aliphatic carbocycles. The fraction of sp³-hybridized carbons (Fsp3) is 0.625. The average Bonchev–Trinajstić information content (AvgIpc) is 2.49. The summed E-state index contributed by atoms with van der Waals surface area (Å²) in [5, 5.41) is 3.43. The van der Waals surface area contributed by atoms with E-state index in [4.69, 9.17) is 4.74 Å². The van der Waals surface area contributed by atoms with E-state index < -0.39 is 0 Å². The molecule has 1 fully saturated rings. The van der Waals surface area contributed by atoms with Crippen molar-refractivity contribution in [2.75, 3.05) is 33.3 Å². The second-order valence-electron chi connectivity index (χ2n) is 5.22. The second kappa shape index (κ2) is 7.51. The van der Waals surface area contributed by atoms with Crippen LogP contribution in [0.4, 0.5) is 0 Å². The minimum absolute atomic E-state index is 0.563. The van der Waals surface area contributed by atoms with E-state index in [1.165, 1.54) is 24.8 Å². The molecule has 1 aliphatic rings. The Balaban J connectivity index is 2.10. The molecule has 3 nitrogen and oxygen atoms in total. The minimum Gasteiger partial charge on any atom is -0.497 e. The lowest BCUT2D eigenvalue weighted by atomic mass is 9.98. The number of nitrogens with one attached hydrogen (secondary N) is 1. The molecule has 1 aromatic rings. The van der Waals surface area contributed by atoms with Gasteiger partial charge in [0.05, 0.1) is 7.11 Å². The number of rotatable bonds is 6. The van der Waals surface area contributed by atoms with Gasteiger partial charge in [0.15, 0.2) is 0 Å². The van der Waals surface area contributed by atoms with Gasteiger partial charge >= 0.3 is 0 Å². The SMILES string of the molecule is CCCC[C@@H](c1ccc(OC)cc1)N1CCNCC1. The molecule has 0 saturated carbocycles. The Morgan fingerprint density at radius 2 is 1.89 bits per heavy atom. The molecule has 0 bridgehead atoms. The Morgan fingerprint density at radius 3 is 2.47 bits per heavy atom. The first-order chi connectivity index (χ1) is 9.35. The van der Waals surface area contributed by atoms with Gasteiger partial charge in [-0.2, -0.15) is 0 Å². The van der Waals surface area contributed by atoms with E-state index in [0.717, 1.165) is 31.9 Å². The van der Waals surface area contributed by atoms with Gasteiger partial charge in [-0.15, -0.1) is 0 Å². The number of ether oxygens (including phenoxy) is 1. The maximum absolute atomic E-state index is 5.25. The zero-order valence-corrected chi connectivity index (χ0v) is 12.2. The van der Waals surface area contributed by atoms with Crippen LogP contribution in [0.3, 0.4) is 0 Å². The van der Waals surface area contributed by atoms with Gasteiger partial charge in [-0.1, -0.05) is 31.9 Å². The molecule has 2 rings (SSSR count). The van der Waals surface area contributed by atoms with Gasteiger partial charge in [-0.05, 0) is 24.1 Å². The number of nitrogens with zero attached hydrogens (tertiary/aromatic N) is 1. The van der Waals surface area contributed by atoms with Crippen LogP contribution < -0.4 is 10.1 Å². The smallest absolute Gasteiger partial charge is 0.118 e. The highest BCUT2D eigenvalue weighted by Crippen LogP contribution is 2.28. The molecule has 1 heterocycles. The molecule has 0 aromatic heterocycles. The zero-order valence-electron chi connectivity index (χ0n) is 12.2. The van der Waals surface area contributed by atoms with E-state index in [1.54, 1.807) is 7.11 Å². The summed E-state index contributed by atoms with van der Waals surface area (Å²) in [7, 11) is 1.72. The van der Waals surface area contributed by atoms with Crippen molar-refractivity contribution in [3.63, 3.8) is 0 Å². The first-order valence-electron chi connectivity index (χ1n) is 7.44. The van der Waals surface area contributed by atoms with Crippen molar-refractivity contribution in [3.8, 4) is 5.75 Å². The topological polar surface area (TPSA) is 24.5 Å². The average molecular weight is 262 g/mol. The number of hydrogen-bond donors (Lipinski definition) is 1. The van der Waals surface area contributed by atoms with Crippen LogP contribution in [-0.4, -0.2) is 38.2 Å². The number of benzene rings is 1. The maximum atomic E-state index is 5.25. The fourth-order valence-electron chi connectivity index (χ4n) is 2.78. The number of hydrogen-bond acceptors (Lipinski definition) is 3. The number of unbranched alkanes of at least 4 members (excludes halogenated alkanes) is 1. The molecule has 3 heteroatoms. The summed E-state index contributed by atoms with van der Waals surface area (Å²) in [4.78, 5) is 2.62. The van der Waals surface area contributed by atoms with Crippen LogP contribution >= 0.6 is 0 Å². The Hall–Kier alpha value is -1.06. The summed E-state index contributed by atoms with van der Waals surface area (Å²) in [5.41, 5.74) is 1.43. The van der Waals surface area contributed by atoms with E-state index in [2.05, 4.69) is 41.4 Å². The van der Waals surface area contributed by atoms with Gasteiger partial charge in [0.25, 0.3) is 0 Å². The van der Waals surface area contributed by atoms with Crippen LogP contribution in [0.1, 0.15) is 37.8 Å². The summed E-state index contributed by atoms with van der Waals surface area (Å²) in [6.45, 7) is 6.79. The minimum atomic E-state index is 0.563. The molecule has 0 amide bonds. The lowest BCUT2D eigenvalue weighted by molar-refractivity contribution is 0.163. The monoisotopic (exact) mass is 262 g/mol. The van der Waals surface area contributed by atoms with Crippen molar-refractivity contribution in [1.29, 1.82) is 0 Å². The van der Waals surface area contributed by atoms with Crippen LogP contribution in [0.15, 0.2) is 24.3 Å². The van der Waals surface area contributed by atoms with Gasteiger partial charge in [0.1, 0.15) is 5.75 Å². The summed E-state index contributed by atoms with van der Waals surface area (Å²) >= 11 is 0. The van der Waals surface area contributed by atoms with E-state index >= 15 is 0 Å². The van der Waals surface area contributed by atoms with Crippen molar-refractivity contribution in [3.05, 3.63) is 29.8 Å². The lowest BCUT2D eigenvalue weighted by Crippen LogP contribution is -2.45. The highest BCUT2D eigenvalue weighted by Gasteiger charge is 2.21. The van der Waals surface area contributed by atoms with Crippen molar-refractivity contribution in [2.24, 2.45) is 0 Å². The summed E-state index contributed by atoms with van der Waals surface area (Å²) < 4.78 is 5.25. The standard InChI is InChI=1S/C16H26N2O/c1-3-4-5-16(18-12-10-17-11-13-18)14-6-8-15(19-2)9-7-14/h6-9,16-17H,3-5,10-13H2,1-2H3/t16-/m0/s1. The highest BCUT2D eigenvalue weighted by atomic mass is 16.5. The van der Waals surface area contributed by atoms with Crippen LogP contribution in [0.5, 0.6) is 5.75 Å². The van der Waals surface area contributed by atoms with Crippen molar-refractivity contribution < 1.29 is 4.74 Å². The van der Waals surface area contributed by atoms with Gasteiger partial charge in [0.2, 0.25) is 0 Å². The first-order valence-corrected chi connectivity index (χ1v) is 7.44. The Morgan fingerprint density at radius 1 is 1.21 bits per heavy atom. The van der Waals surface area contributed by atoms with Crippen LogP contribution in [-0.2, 0) is 0 Å². The number of methoxy groups -OCH3 is 1. The van der Waals surface area contributed by atoms with Crippen LogP contribution in [0, 0.1) is 0 Å². The molecule has 0 radical (unpaired) electrons. The quantitative estimate of drug-likeness (QED) is 0.853. The highest BCUT2D eigenvalue weighted by molar-refractivity contribution is 5.29. The third kappa shape index (κ3) is 3.95. The second-order valence-corrected chi connectivity index (χ2v) is 5.22. The van der Waals surface area contributed by atoms with E-state index in [-0.39, 0.29) is 0 Å². The predicted octanol–water partition coefficient (Wildman–Crippen LogP) is 2.83. The lowest BCUT2D eigenvalue weighted by Gasteiger charge is -2.35. The molecule has 1 saturated heterocycles. The van der Waals surface area contributed by atoms with Gasteiger partial charge in [0, 0.05) is 32.2 Å². The van der Waals surface area contributed by atoms with E-state index in [9.17, 15) is 0 Å².